The number of hydrogen-bond acceptors (Lipinski definition) is 7. The van der Waals surface area contributed by atoms with Gasteiger partial charge in [-0.3, -0.25) is 9.69 Å². The van der Waals surface area contributed by atoms with Gasteiger partial charge >= 0.3 is 0 Å². The van der Waals surface area contributed by atoms with Crippen LogP contribution >= 0.6 is 0 Å². The SMILES string of the molecule is CC(C)N1CCN(S(=O)(=O)CCCC(NC(=O)c2cccc3c2OCCO3)C2CCNCC2)CC1. The van der Waals surface area contributed by atoms with Crippen molar-refractivity contribution in [2.75, 3.05) is 58.2 Å². The van der Waals surface area contributed by atoms with Crippen LogP contribution < -0.4 is 20.1 Å². The van der Waals surface area contributed by atoms with Gasteiger partial charge in [0.15, 0.2) is 11.5 Å². The number of fused-ring (bicyclic) bond motifs is 1. The van der Waals surface area contributed by atoms with Gasteiger partial charge in [-0.25, -0.2) is 8.42 Å². The molecular formula is C25H40N4O5S. The van der Waals surface area contributed by atoms with Crippen LogP contribution in [-0.2, 0) is 10.0 Å². The van der Waals surface area contributed by atoms with Crippen LogP contribution in [0.5, 0.6) is 11.5 Å². The number of amides is 1. The summed E-state index contributed by atoms with van der Waals surface area (Å²) in [5.74, 6) is 1.32. The van der Waals surface area contributed by atoms with Crippen molar-refractivity contribution in [3.05, 3.63) is 23.8 Å². The fourth-order valence-electron chi connectivity index (χ4n) is 5.28. The van der Waals surface area contributed by atoms with E-state index in [9.17, 15) is 13.2 Å². The molecule has 4 rings (SSSR count). The van der Waals surface area contributed by atoms with Gasteiger partial charge in [-0.1, -0.05) is 6.07 Å². The molecule has 196 valence electrons. The van der Waals surface area contributed by atoms with Crippen LogP contribution in [0.25, 0.3) is 0 Å². The molecule has 0 bridgehead atoms. The van der Waals surface area contributed by atoms with E-state index >= 15 is 0 Å². The largest absolute Gasteiger partial charge is 0.486 e. The molecule has 2 N–H and O–H groups in total. The van der Waals surface area contributed by atoms with Gasteiger partial charge < -0.3 is 20.1 Å². The maximum absolute atomic E-state index is 13.3. The Labute approximate surface area is 209 Å². The topological polar surface area (TPSA) is 100 Å². The van der Waals surface area contributed by atoms with Crippen LogP contribution in [0, 0.1) is 5.92 Å². The third-order valence-electron chi connectivity index (χ3n) is 7.39. The smallest absolute Gasteiger partial charge is 0.255 e. The molecule has 0 aromatic heterocycles. The Morgan fingerprint density at radius 1 is 1.11 bits per heavy atom. The summed E-state index contributed by atoms with van der Waals surface area (Å²) in [5, 5.41) is 6.59. The van der Waals surface area contributed by atoms with Crippen LogP contribution in [0.2, 0.25) is 0 Å². The van der Waals surface area contributed by atoms with Crippen LogP contribution in [0.4, 0.5) is 0 Å². The van der Waals surface area contributed by atoms with Gasteiger partial charge in [0.1, 0.15) is 13.2 Å². The highest BCUT2D eigenvalue weighted by Crippen LogP contribution is 2.34. The molecule has 1 aromatic carbocycles. The molecule has 1 atom stereocenters. The maximum Gasteiger partial charge on any atom is 0.255 e. The monoisotopic (exact) mass is 508 g/mol. The lowest BCUT2D eigenvalue weighted by Crippen LogP contribution is -2.51. The summed E-state index contributed by atoms with van der Waals surface area (Å²) >= 11 is 0. The summed E-state index contributed by atoms with van der Waals surface area (Å²) in [5.41, 5.74) is 0.469. The van der Waals surface area contributed by atoms with E-state index < -0.39 is 10.0 Å². The van der Waals surface area contributed by atoms with Crippen molar-refractivity contribution in [1.82, 2.24) is 19.8 Å². The molecule has 3 aliphatic rings. The third kappa shape index (κ3) is 6.67. The summed E-state index contributed by atoms with van der Waals surface area (Å²) < 4.78 is 39.0. The minimum Gasteiger partial charge on any atom is -0.486 e. The molecule has 3 heterocycles. The second-order valence-corrected chi connectivity index (χ2v) is 12.1. The molecule has 0 spiro atoms. The Hall–Kier alpha value is -1.88. The van der Waals surface area contributed by atoms with Crippen molar-refractivity contribution in [3.63, 3.8) is 0 Å². The number of sulfonamides is 1. The summed E-state index contributed by atoms with van der Waals surface area (Å²) in [6.45, 7) is 9.64. The van der Waals surface area contributed by atoms with Crippen molar-refractivity contribution in [1.29, 1.82) is 0 Å². The molecule has 1 amide bonds. The Kier molecular flexibility index (Phi) is 8.91. The summed E-state index contributed by atoms with van der Waals surface area (Å²) in [6.07, 6.45) is 3.07. The van der Waals surface area contributed by atoms with Gasteiger partial charge in [0.25, 0.3) is 5.91 Å². The molecule has 1 aromatic rings. The quantitative estimate of drug-likeness (QED) is 0.524. The molecule has 2 saturated heterocycles. The Bertz CT molecular complexity index is 957. The lowest BCUT2D eigenvalue weighted by atomic mass is 9.87. The Morgan fingerprint density at radius 3 is 2.54 bits per heavy atom. The van der Waals surface area contributed by atoms with Crippen molar-refractivity contribution in [2.24, 2.45) is 5.92 Å². The summed E-state index contributed by atoms with van der Waals surface area (Å²) in [6, 6.07) is 5.71. The van der Waals surface area contributed by atoms with E-state index in [4.69, 9.17) is 9.47 Å². The summed E-state index contributed by atoms with van der Waals surface area (Å²) in [4.78, 5) is 15.6. The number of hydrogen-bond donors (Lipinski definition) is 2. The van der Waals surface area contributed by atoms with Gasteiger partial charge in [0.2, 0.25) is 10.0 Å². The number of piperidine rings is 1. The van der Waals surface area contributed by atoms with Crippen molar-refractivity contribution in [2.45, 2.75) is 51.6 Å². The van der Waals surface area contributed by atoms with Gasteiger partial charge in [0, 0.05) is 38.3 Å². The normalized spacial score (nSPS) is 21.1. The fourth-order valence-corrected chi connectivity index (χ4v) is 6.79. The van der Waals surface area contributed by atoms with Crippen LogP contribution in [0.1, 0.15) is 49.9 Å². The Balaban J connectivity index is 1.37. The number of rotatable bonds is 9. The summed E-state index contributed by atoms with van der Waals surface area (Å²) in [7, 11) is -3.31. The van der Waals surface area contributed by atoms with E-state index in [0.717, 1.165) is 39.0 Å². The first-order valence-corrected chi connectivity index (χ1v) is 14.6. The molecule has 2 fully saturated rings. The minimum absolute atomic E-state index is 0.0852. The van der Waals surface area contributed by atoms with Crippen molar-refractivity contribution >= 4 is 15.9 Å². The van der Waals surface area contributed by atoms with Gasteiger partial charge in [0.05, 0.1) is 11.3 Å². The number of benzene rings is 1. The first kappa shape index (κ1) is 26.2. The third-order valence-corrected chi connectivity index (χ3v) is 9.35. The molecule has 35 heavy (non-hydrogen) atoms. The van der Waals surface area contributed by atoms with Gasteiger partial charge in [-0.15, -0.1) is 0 Å². The van der Waals surface area contributed by atoms with E-state index in [1.165, 1.54) is 0 Å². The zero-order valence-corrected chi connectivity index (χ0v) is 21.8. The highest BCUT2D eigenvalue weighted by Gasteiger charge is 2.30. The fraction of sp³-hybridized carbons (Fsp3) is 0.720. The second-order valence-electron chi connectivity index (χ2n) is 9.98. The first-order chi connectivity index (χ1) is 16.8. The average Bonchev–Trinajstić information content (AvgIpc) is 2.88. The lowest BCUT2D eigenvalue weighted by molar-refractivity contribution is 0.0900. The van der Waals surface area contributed by atoms with Crippen molar-refractivity contribution in [3.8, 4) is 11.5 Å². The molecule has 0 aliphatic carbocycles. The number of para-hydroxylation sites is 1. The van der Waals surface area contributed by atoms with E-state index in [-0.39, 0.29) is 17.7 Å². The van der Waals surface area contributed by atoms with Gasteiger partial charge in [-0.05, 0) is 70.7 Å². The highest BCUT2D eigenvalue weighted by molar-refractivity contribution is 7.89. The zero-order valence-electron chi connectivity index (χ0n) is 21.0. The maximum atomic E-state index is 13.3. The number of piperazine rings is 1. The highest BCUT2D eigenvalue weighted by atomic mass is 32.2. The molecule has 3 aliphatic heterocycles. The molecular weight excluding hydrogens is 468 g/mol. The van der Waals surface area contributed by atoms with Crippen LogP contribution in [0.15, 0.2) is 18.2 Å². The molecule has 1 unspecified atom stereocenters. The first-order valence-electron chi connectivity index (χ1n) is 13.0. The molecule has 10 heteroatoms. The lowest BCUT2D eigenvalue weighted by Gasteiger charge is -2.36. The van der Waals surface area contributed by atoms with E-state index in [1.54, 1.807) is 22.5 Å². The molecule has 0 radical (unpaired) electrons. The van der Waals surface area contributed by atoms with Crippen LogP contribution in [0.3, 0.4) is 0 Å². The predicted molar refractivity (Wildman–Crippen MR) is 136 cm³/mol. The van der Waals surface area contributed by atoms with E-state index in [2.05, 4.69) is 29.4 Å². The number of carbonyl (C=O) groups excluding carboxylic acids is 1. The number of nitrogens with one attached hydrogen (secondary N) is 2. The average molecular weight is 509 g/mol. The number of nitrogens with zero attached hydrogens (tertiary/aromatic N) is 2. The standard InChI is InChI=1S/C25H40N4O5S/c1-19(2)28-12-14-29(15-13-28)35(31,32)18-4-6-22(20-8-10-26-11-9-20)27-25(30)21-5-3-7-23-24(21)34-17-16-33-23/h3,5,7,19-20,22,26H,4,6,8-18H2,1-2H3,(H,27,30). The molecule has 9 nitrogen and oxygen atoms in total. The van der Waals surface area contributed by atoms with Crippen LogP contribution in [-0.4, -0.2) is 93.8 Å². The predicted octanol–water partition coefficient (Wildman–Crippen LogP) is 1.69. The van der Waals surface area contributed by atoms with Gasteiger partial charge in [-0.2, -0.15) is 4.31 Å². The second kappa shape index (κ2) is 11.9. The zero-order chi connectivity index (χ0) is 24.8. The minimum atomic E-state index is -3.31. The van der Waals surface area contributed by atoms with Crippen molar-refractivity contribution < 1.29 is 22.7 Å². The van der Waals surface area contributed by atoms with E-state index in [1.807, 2.05) is 0 Å². The molecule has 0 saturated carbocycles. The number of ether oxygens (including phenoxy) is 2. The Morgan fingerprint density at radius 2 is 1.83 bits per heavy atom. The number of carbonyl (C=O) groups is 1. The van der Waals surface area contributed by atoms with E-state index in [0.29, 0.717) is 68.2 Å².